The fourth-order valence-electron chi connectivity index (χ4n) is 6.15. The van der Waals surface area contributed by atoms with Crippen molar-refractivity contribution in [3.05, 3.63) is 139 Å². The number of hydrogen-bond acceptors (Lipinski definition) is 9. The highest BCUT2D eigenvalue weighted by Crippen LogP contribution is 2.34. The van der Waals surface area contributed by atoms with Crippen LogP contribution in [0, 0.1) is 6.92 Å². The van der Waals surface area contributed by atoms with Crippen LogP contribution in [0.1, 0.15) is 5.82 Å². The van der Waals surface area contributed by atoms with Crippen LogP contribution in [0.25, 0.3) is 61.8 Å². The number of hydrogen-bond donors (Lipinski definition) is 2. The van der Waals surface area contributed by atoms with Crippen LogP contribution in [0.2, 0.25) is 0 Å². The number of anilines is 3. The molecule has 0 bridgehead atoms. The number of fused-ring (bicyclic) bond motifs is 3. The number of nitrogens with one attached hydrogen (secondary N) is 1. The van der Waals surface area contributed by atoms with E-state index >= 15 is 0 Å². The van der Waals surface area contributed by atoms with Gasteiger partial charge >= 0.3 is 0 Å². The molecule has 3 N–H and O–H groups in total. The number of para-hydroxylation sites is 8. The second-order valence-electron chi connectivity index (χ2n) is 12.0. The van der Waals surface area contributed by atoms with Crippen molar-refractivity contribution in [3.63, 3.8) is 0 Å². The van der Waals surface area contributed by atoms with Gasteiger partial charge in [-0.25, -0.2) is 15.0 Å². The van der Waals surface area contributed by atoms with Crippen LogP contribution in [-0.2, 0) is 0 Å². The number of nitrogens with two attached hydrogens (primary N) is 1. The Bertz CT molecular complexity index is 2630. The summed E-state index contributed by atoms with van der Waals surface area (Å²) < 4.78 is 24.7. The maximum absolute atomic E-state index is 6.22. The van der Waals surface area contributed by atoms with E-state index < -0.39 is 0 Å². The van der Waals surface area contributed by atoms with Gasteiger partial charge in [0.25, 0.3) is 0 Å². The highest BCUT2D eigenvalue weighted by molar-refractivity contribution is 5.85. The van der Waals surface area contributed by atoms with E-state index in [0.717, 1.165) is 78.7 Å². The van der Waals surface area contributed by atoms with Crippen LogP contribution in [0.15, 0.2) is 142 Å². The van der Waals surface area contributed by atoms with Crippen molar-refractivity contribution in [2.75, 3.05) is 25.3 Å². The fourth-order valence-corrected chi connectivity index (χ4v) is 6.15. The summed E-state index contributed by atoms with van der Waals surface area (Å²) in [7, 11) is 3.32. The predicted molar refractivity (Wildman–Crippen MR) is 205 cm³/mol. The van der Waals surface area contributed by atoms with Crippen molar-refractivity contribution in [2.45, 2.75) is 6.92 Å². The van der Waals surface area contributed by atoms with E-state index in [2.05, 4.69) is 19.9 Å². The Hall–Kier alpha value is -7.07. The molecule has 9 aromatic rings. The molecule has 10 heteroatoms. The van der Waals surface area contributed by atoms with Gasteiger partial charge in [0, 0.05) is 11.1 Å². The van der Waals surface area contributed by atoms with Crippen molar-refractivity contribution >= 4 is 50.3 Å². The topological polar surface area (TPSA) is 126 Å². The lowest BCUT2D eigenvalue weighted by Crippen LogP contribution is -1.99. The molecule has 9 rings (SSSR count). The first-order chi connectivity index (χ1) is 25.5. The van der Waals surface area contributed by atoms with Crippen LogP contribution in [0.4, 0.5) is 17.1 Å². The highest BCUT2D eigenvalue weighted by atomic mass is 16.5. The summed E-state index contributed by atoms with van der Waals surface area (Å²) in [6.07, 6.45) is 0. The molecule has 0 radical (unpaired) electrons. The molecule has 6 aromatic carbocycles. The van der Waals surface area contributed by atoms with E-state index in [1.165, 1.54) is 0 Å². The van der Waals surface area contributed by atoms with Crippen molar-refractivity contribution in [1.29, 1.82) is 0 Å². The van der Waals surface area contributed by atoms with E-state index in [1.807, 2.05) is 140 Å². The number of methoxy groups -OCH3 is 2. The van der Waals surface area contributed by atoms with Crippen LogP contribution in [-0.4, -0.2) is 33.7 Å². The Balaban J connectivity index is 0.000000149. The number of rotatable bonds is 7. The zero-order chi connectivity index (χ0) is 35.6. The van der Waals surface area contributed by atoms with E-state index in [4.69, 9.17) is 29.0 Å². The van der Waals surface area contributed by atoms with Crippen LogP contribution < -0.4 is 20.5 Å². The number of benzene rings is 6. The molecule has 3 heterocycles. The monoisotopic (exact) mass is 686 g/mol. The third-order valence-electron chi connectivity index (χ3n) is 8.66. The van der Waals surface area contributed by atoms with Gasteiger partial charge in [-0.15, -0.1) is 0 Å². The highest BCUT2D eigenvalue weighted by Gasteiger charge is 2.16. The Morgan fingerprint density at radius 1 is 0.577 bits per heavy atom. The number of oxazole rings is 2. The summed E-state index contributed by atoms with van der Waals surface area (Å²) in [5.41, 5.74) is 16.3. The van der Waals surface area contributed by atoms with Gasteiger partial charge < -0.3 is 29.4 Å². The fraction of sp³-hybridized carbons (Fsp3) is 0.0714. The summed E-state index contributed by atoms with van der Waals surface area (Å²) in [6.45, 7) is 1.99. The minimum Gasteiger partial charge on any atom is -0.495 e. The Morgan fingerprint density at radius 2 is 1.15 bits per heavy atom. The van der Waals surface area contributed by atoms with Gasteiger partial charge in [0.2, 0.25) is 11.8 Å². The zero-order valence-corrected chi connectivity index (χ0v) is 28.7. The molecule has 0 saturated heterocycles. The van der Waals surface area contributed by atoms with Gasteiger partial charge in [0.1, 0.15) is 28.4 Å². The van der Waals surface area contributed by atoms with Crippen molar-refractivity contribution in [2.24, 2.45) is 0 Å². The van der Waals surface area contributed by atoms with Gasteiger partial charge in [-0.3, -0.25) is 4.57 Å². The number of imidazole rings is 1. The maximum Gasteiger partial charge on any atom is 0.227 e. The molecule has 256 valence electrons. The smallest absolute Gasteiger partial charge is 0.227 e. The third kappa shape index (κ3) is 6.13. The van der Waals surface area contributed by atoms with Crippen LogP contribution in [0.3, 0.4) is 0 Å². The normalized spacial score (nSPS) is 11.1. The average molecular weight is 687 g/mol. The summed E-state index contributed by atoms with van der Waals surface area (Å²) >= 11 is 0. The first-order valence-electron chi connectivity index (χ1n) is 16.6. The summed E-state index contributed by atoms with van der Waals surface area (Å²) in [4.78, 5) is 13.8. The molecule has 0 aliphatic rings. The van der Waals surface area contributed by atoms with E-state index in [-0.39, 0.29) is 0 Å². The Kier molecular flexibility index (Phi) is 8.46. The minimum atomic E-state index is 0.553. The molecule has 10 nitrogen and oxygen atoms in total. The molecule has 0 amide bonds. The van der Waals surface area contributed by atoms with Crippen molar-refractivity contribution < 1.29 is 18.3 Å². The molecule has 0 saturated carbocycles. The first-order valence-corrected chi connectivity index (χ1v) is 16.6. The number of nitrogens with zero attached hydrogens (tertiary/aromatic N) is 4. The Labute approximate surface area is 299 Å². The zero-order valence-electron chi connectivity index (χ0n) is 28.7. The Morgan fingerprint density at radius 3 is 1.81 bits per heavy atom. The lowest BCUT2D eigenvalue weighted by Gasteiger charge is -2.13. The standard InChI is InChI=1S/C22H17N3O2.C20H17N3O2/c1-14-23-17-13-15(22-24-16-7-3-5-9-20(16)27-22)11-12-18(17)25(14)19-8-4-6-10-21(19)26-2;1-24-18-8-4-2-6-16(18)22-15-11-10-13(12-14(15)21)20-23-17-7-3-5-9-19(17)25-20/h3-13H,1-2H3;2-12,22H,21H2,1H3. The summed E-state index contributed by atoms with van der Waals surface area (Å²) in [5.74, 6) is 3.61. The van der Waals surface area contributed by atoms with Gasteiger partial charge in [0.15, 0.2) is 11.2 Å². The first kappa shape index (κ1) is 32.2. The van der Waals surface area contributed by atoms with Gasteiger partial charge in [-0.2, -0.15) is 0 Å². The van der Waals surface area contributed by atoms with E-state index in [1.54, 1.807) is 14.2 Å². The molecule has 0 spiro atoms. The SMILES string of the molecule is COc1ccccc1-n1c(C)nc2cc(-c3nc4ccccc4o3)ccc21.COc1ccccc1Nc1ccc(-c2nc3ccccc3o2)cc1N. The third-order valence-corrected chi connectivity index (χ3v) is 8.66. The maximum atomic E-state index is 6.22. The molecule has 0 fully saturated rings. The van der Waals surface area contributed by atoms with Gasteiger partial charge in [0.05, 0.1) is 48.0 Å². The van der Waals surface area contributed by atoms with Crippen molar-refractivity contribution in [1.82, 2.24) is 19.5 Å². The molecule has 3 aromatic heterocycles. The summed E-state index contributed by atoms with van der Waals surface area (Å²) in [6, 6.07) is 42.8. The molecule has 0 aliphatic carbocycles. The van der Waals surface area contributed by atoms with Crippen LogP contribution in [0.5, 0.6) is 11.5 Å². The molecule has 0 aliphatic heterocycles. The number of aromatic nitrogens is 4. The largest absolute Gasteiger partial charge is 0.495 e. The second-order valence-corrected chi connectivity index (χ2v) is 12.0. The van der Waals surface area contributed by atoms with Crippen molar-refractivity contribution in [3.8, 4) is 40.1 Å². The lowest BCUT2D eigenvalue weighted by atomic mass is 10.1. The quantitative estimate of drug-likeness (QED) is 0.158. The number of aryl methyl sites for hydroxylation is 1. The lowest BCUT2D eigenvalue weighted by molar-refractivity contribution is 0.413. The van der Waals surface area contributed by atoms with E-state index in [9.17, 15) is 0 Å². The molecule has 52 heavy (non-hydrogen) atoms. The average Bonchev–Trinajstić information content (AvgIpc) is 3.90. The molecule has 0 unspecified atom stereocenters. The van der Waals surface area contributed by atoms with Gasteiger partial charge in [-0.1, -0.05) is 48.5 Å². The predicted octanol–water partition coefficient (Wildman–Crippen LogP) is 9.98. The number of ether oxygens (including phenoxy) is 2. The van der Waals surface area contributed by atoms with E-state index in [0.29, 0.717) is 17.5 Å². The van der Waals surface area contributed by atoms with Crippen LogP contribution >= 0.6 is 0 Å². The molecule has 0 atom stereocenters. The minimum absolute atomic E-state index is 0.553. The summed E-state index contributed by atoms with van der Waals surface area (Å²) in [5, 5.41) is 3.30. The molecular formula is C42H34N6O4. The number of nitrogen functional groups attached to an aromatic ring is 1. The molecular weight excluding hydrogens is 653 g/mol. The second kappa shape index (κ2) is 13.7. The van der Waals surface area contributed by atoms with Gasteiger partial charge in [-0.05, 0) is 91.9 Å².